The summed E-state index contributed by atoms with van der Waals surface area (Å²) >= 11 is 3.51. The van der Waals surface area contributed by atoms with Gasteiger partial charge in [0.1, 0.15) is 0 Å². The van der Waals surface area contributed by atoms with Gasteiger partial charge in [-0.3, -0.25) is 4.79 Å². The Morgan fingerprint density at radius 3 is 2.37 bits per heavy atom. The summed E-state index contributed by atoms with van der Waals surface area (Å²) in [6.07, 6.45) is 2.74. The van der Waals surface area contributed by atoms with E-state index >= 15 is 0 Å². The van der Waals surface area contributed by atoms with Crippen LogP contribution in [0.25, 0.3) is 0 Å². The summed E-state index contributed by atoms with van der Waals surface area (Å²) in [4.78, 5) is 26.3. The molecule has 1 saturated heterocycles. The van der Waals surface area contributed by atoms with Crippen molar-refractivity contribution in [3.05, 3.63) is 64.6 Å². The number of urea groups is 1. The number of hydrogen-bond donors (Lipinski definition) is 2. The van der Waals surface area contributed by atoms with Crippen LogP contribution in [-0.2, 0) is 11.2 Å². The molecule has 0 aromatic heterocycles. The molecule has 0 spiro atoms. The molecule has 0 saturated carbocycles. The molecule has 0 unspecified atom stereocenters. The Balaban J connectivity index is 1.39. The monoisotopic (exact) mass is 429 g/mol. The second-order valence-corrected chi connectivity index (χ2v) is 7.57. The van der Waals surface area contributed by atoms with Crippen LogP contribution in [0.1, 0.15) is 24.8 Å². The van der Waals surface area contributed by atoms with Gasteiger partial charge < -0.3 is 15.5 Å². The van der Waals surface area contributed by atoms with E-state index in [0.29, 0.717) is 25.9 Å². The zero-order valence-electron chi connectivity index (χ0n) is 15.2. The van der Waals surface area contributed by atoms with Gasteiger partial charge in [0, 0.05) is 35.7 Å². The molecule has 3 rings (SSSR count). The highest BCUT2D eigenvalue weighted by Gasteiger charge is 2.23. The van der Waals surface area contributed by atoms with Crippen LogP contribution in [0.15, 0.2) is 59.1 Å². The summed E-state index contributed by atoms with van der Waals surface area (Å²) in [6.45, 7) is 1.29. The molecule has 2 aromatic rings. The number of amides is 3. The van der Waals surface area contributed by atoms with Crippen LogP contribution < -0.4 is 10.6 Å². The molecule has 5 nitrogen and oxygen atoms in total. The number of rotatable bonds is 5. The van der Waals surface area contributed by atoms with E-state index in [1.54, 1.807) is 4.90 Å². The average Bonchev–Trinajstić information content (AvgIpc) is 2.69. The lowest BCUT2D eigenvalue weighted by atomic mass is 10.0. The van der Waals surface area contributed by atoms with Crippen LogP contribution in [0, 0.1) is 0 Å². The lowest BCUT2D eigenvalue weighted by Gasteiger charge is -2.32. The van der Waals surface area contributed by atoms with Crippen molar-refractivity contribution in [3.63, 3.8) is 0 Å². The summed E-state index contributed by atoms with van der Waals surface area (Å²) in [6, 6.07) is 17.5. The summed E-state index contributed by atoms with van der Waals surface area (Å²) in [5.74, 6) is 0.0675. The van der Waals surface area contributed by atoms with Crippen molar-refractivity contribution in [1.29, 1.82) is 0 Å². The molecule has 0 radical (unpaired) electrons. The predicted octanol–water partition coefficient (Wildman–Crippen LogP) is 4.19. The SMILES string of the molecule is O=C(CCc1ccccc1Br)NC1CCN(C(=O)Nc2ccccc2)CC1. The van der Waals surface area contributed by atoms with Gasteiger partial charge in [-0.05, 0) is 43.0 Å². The molecule has 142 valence electrons. The van der Waals surface area contributed by atoms with Crippen molar-refractivity contribution in [1.82, 2.24) is 10.2 Å². The molecule has 1 fully saturated rings. The summed E-state index contributed by atoms with van der Waals surface area (Å²) in [7, 11) is 0. The smallest absolute Gasteiger partial charge is 0.321 e. The molecule has 2 aromatic carbocycles. The minimum absolute atomic E-state index is 0.0675. The molecule has 0 atom stereocenters. The number of halogens is 1. The van der Waals surface area contributed by atoms with Gasteiger partial charge in [-0.15, -0.1) is 0 Å². The van der Waals surface area contributed by atoms with Crippen LogP contribution >= 0.6 is 15.9 Å². The van der Waals surface area contributed by atoms with Crippen LogP contribution in [0.4, 0.5) is 10.5 Å². The van der Waals surface area contributed by atoms with Gasteiger partial charge in [0.25, 0.3) is 0 Å². The van der Waals surface area contributed by atoms with Crippen LogP contribution in [0.5, 0.6) is 0 Å². The Hall–Kier alpha value is -2.34. The number of piperidine rings is 1. The van der Waals surface area contributed by atoms with E-state index in [9.17, 15) is 9.59 Å². The molecule has 0 bridgehead atoms. The molecule has 1 heterocycles. The van der Waals surface area contributed by atoms with Crippen LogP contribution in [0.3, 0.4) is 0 Å². The Labute approximate surface area is 168 Å². The molecule has 0 aliphatic carbocycles. The quantitative estimate of drug-likeness (QED) is 0.747. The normalized spacial score (nSPS) is 14.6. The molecule has 2 N–H and O–H groups in total. The second-order valence-electron chi connectivity index (χ2n) is 6.72. The fraction of sp³-hybridized carbons (Fsp3) is 0.333. The number of benzene rings is 2. The van der Waals surface area contributed by atoms with Crippen LogP contribution in [0.2, 0.25) is 0 Å². The minimum Gasteiger partial charge on any atom is -0.353 e. The second kappa shape index (κ2) is 9.55. The number of carbonyl (C=O) groups is 2. The highest BCUT2D eigenvalue weighted by atomic mass is 79.9. The van der Waals surface area contributed by atoms with Crippen molar-refractivity contribution in [3.8, 4) is 0 Å². The molecular weight excluding hydrogens is 406 g/mol. The summed E-state index contributed by atoms with van der Waals surface area (Å²) in [5.41, 5.74) is 1.94. The Morgan fingerprint density at radius 2 is 1.67 bits per heavy atom. The first-order valence-corrected chi connectivity index (χ1v) is 10.0. The number of nitrogens with one attached hydrogen (secondary N) is 2. The number of para-hydroxylation sites is 1. The number of anilines is 1. The Bertz CT molecular complexity index is 774. The summed E-state index contributed by atoms with van der Waals surface area (Å²) < 4.78 is 1.04. The first kappa shape index (κ1) is 19.4. The fourth-order valence-electron chi connectivity index (χ4n) is 3.20. The first-order chi connectivity index (χ1) is 13.1. The van der Waals surface area contributed by atoms with E-state index < -0.39 is 0 Å². The van der Waals surface area contributed by atoms with Gasteiger partial charge in [-0.2, -0.15) is 0 Å². The van der Waals surface area contributed by atoms with E-state index in [4.69, 9.17) is 0 Å². The molecule has 3 amide bonds. The van der Waals surface area contributed by atoms with Crippen LogP contribution in [-0.4, -0.2) is 36.0 Å². The van der Waals surface area contributed by atoms with E-state index in [1.807, 2.05) is 54.6 Å². The fourth-order valence-corrected chi connectivity index (χ4v) is 3.68. The molecule has 1 aliphatic rings. The maximum absolute atomic E-state index is 12.3. The van der Waals surface area contributed by atoms with E-state index in [-0.39, 0.29) is 18.0 Å². The lowest BCUT2D eigenvalue weighted by molar-refractivity contribution is -0.122. The maximum Gasteiger partial charge on any atom is 0.321 e. The molecule has 27 heavy (non-hydrogen) atoms. The standard InChI is InChI=1S/C21H24BrN3O2/c22-19-9-5-4-6-16(19)10-11-20(26)23-18-12-14-25(15-13-18)21(27)24-17-7-2-1-3-8-17/h1-9,18H,10-15H2,(H,23,26)(H,24,27). The van der Waals surface area contributed by atoms with Gasteiger partial charge in [0.05, 0.1) is 0 Å². The number of aryl methyl sites for hydroxylation is 1. The molecular formula is C21H24BrN3O2. The lowest BCUT2D eigenvalue weighted by Crippen LogP contribution is -2.47. The number of carbonyl (C=O) groups excluding carboxylic acids is 2. The zero-order valence-corrected chi connectivity index (χ0v) is 16.7. The van der Waals surface area contributed by atoms with Gasteiger partial charge in [-0.1, -0.05) is 52.3 Å². The van der Waals surface area contributed by atoms with E-state index in [1.165, 1.54) is 0 Å². The van der Waals surface area contributed by atoms with Crippen molar-refractivity contribution >= 4 is 33.6 Å². The highest BCUT2D eigenvalue weighted by molar-refractivity contribution is 9.10. The zero-order chi connectivity index (χ0) is 19.1. The highest BCUT2D eigenvalue weighted by Crippen LogP contribution is 2.18. The van der Waals surface area contributed by atoms with Crippen molar-refractivity contribution < 1.29 is 9.59 Å². The van der Waals surface area contributed by atoms with E-state index in [2.05, 4.69) is 26.6 Å². The van der Waals surface area contributed by atoms with Crippen molar-refractivity contribution in [2.75, 3.05) is 18.4 Å². The number of likely N-dealkylation sites (tertiary alicyclic amines) is 1. The molecule has 1 aliphatic heterocycles. The van der Waals surface area contributed by atoms with Crippen molar-refractivity contribution in [2.24, 2.45) is 0 Å². The largest absolute Gasteiger partial charge is 0.353 e. The number of hydrogen-bond acceptors (Lipinski definition) is 2. The van der Waals surface area contributed by atoms with Gasteiger partial charge in [-0.25, -0.2) is 4.79 Å². The van der Waals surface area contributed by atoms with E-state index in [0.717, 1.165) is 28.6 Å². The maximum atomic E-state index is 12.3. The minimum atomic E-state index is -0.0834. The third-order valence-electron chi connectivity index (χ3n) is 4.75. The van der Waals surface area contributed by atoms with Gasteiger partial charge >= 0.3 is 6.03 Å². The average molecular weight is 430 g/mol. The third kappa shape index (κ3) is 5.82. The topological polar surface area (TPSA) is 61.4 Å². The third-order valence-corrected chi connectivity index (χ3v) is 5.53. The number of nitrogens with zero attached hydrogens (tertiary/aromatic N) is 1. The predicted molar refractivity (Wildman–Crippen MR) is 111 cm³/mol. The summed E-state index contributed by atoms with van der Waals surface area (Å²) in [5, 5.41) is 6.01. The van der Waals surface area contributed by atoms with Gasteiger partial charge in [0.15, 0.2) is 0 Å². The van der Waals surface area contributed by atoms with Gasteiger partial charge in [0.2, 0.25) is 5.91 Å². The first-order valence-electron chi connectivity index (χ1n) is 9.25. The Kier molecular flexibility index (Phi) is 6.87. The Morgan fingerprint density at radius 1 is 1.00 bits per heavy atom. The van der Waals surface area contributed by atoms with Crippen molar-refractivity contribution in [2.45, 2.75) is 31.7 Å². The molecule has 6 heteroatoms.